The number of piperidine rings is 1. The molecule has 6 rings (SSSR count). The zero-order valence-corrected chi connectivity index (χ0v) is 20.5. The fourth-order valence-electron chi connectivity index (χ4n) is 5.28. The van der Waals surface area contributed by atoms with E-state index in [0.717, 1.165) is 60.5 Å². The molecule has 2 fully saturated rings. The molecular formula is C25H33N9O. The maximum absolute atomic E-state index is 10.1. The minimum atomic E-state index is -0.813. The molecule has 35 heavy (non-hydrogen) atoms. The average molecular weight is 476 g/mol. The zero-order chi connectivity index (χ0) is 24.3. The van der Waals surface area contributed by atoms with Crippen molar-refractivity contribution in [3.05, 3.63) is 42.0 Å². The molecule has 10 heteroatoms. The predicted octanol–water partition coefficient (Wildman–Crippen LogP) is 2.29. The van der Waals surface area contributed by atoms with Crippen LogP contribution in [0, 0.1) is 0 Å². The van der Waals surface area contributed by atoms with Crippen LogP contribution in [-0.2, 0) is 6.54 Å². The number of benzene rings is 1. The van der Waals surface area contributed by atoms with E-state index >= 15 is 0 Å². The summed E-state index contributed by atoms with van der Waals surface area (Å²) in [5, 5.41) is 23.7. The Labute approximate surface area is 204 Å². The average Bonchev–Trinajstić information content (AvgIpc) is 3.39. The number of nitrogens with zero attached hydrogens (tertiary/aromatic N) is 7. The maximum atomic E-state index is 10.1. The Kier molecular flexibility index (Phi) is 5.19. The number of nitrogens with two attached hydrogens (primary N) is 1. The molecule has 4 N–H and O–H groups in total. The first kappa shape index (κ1) is 22.2. The first-order chi connectivity index (χ1) is 16.7. The van der Waals surface area contributed by atoms with Crippen LogP contribution in [0.15, 0.2) is 30.6 Å². The van der Waals surface area contributed by atoms with Crippen LogP contribution in [0.25, 0.3) is 16.6 Å². The largest absolute Gasteiger partial charge is 0.389 e. The minimum absolute atomic E-state index is 0.179. The van der Waals surface area contributed by atoms with Crippen LogP contribution in [0.2, 0.25) is 0 Å². The van der Waals surface area contributed by atoms with Crippen molar-refractivity contribution in [2.45, 2.75) is 63.6 Å². The number of aliphatic hydroxyl groups is 1. The van der Waals surface area contributed by atoms with Crippen molar-refractivity contribution in [2.75, 3.05) is 30.3 Å². The lowest BCUT2D eigenvalue weighted by Crippen LogP contribution is -2.41. The molecule has 1 aromatic carbocycles. The van der Waals surface area contributed by atoms with Crippen molar-refractivity contribution in [3.63, 3.8) is 0 Å². The summed E-state index contributed by atoms with van der Waals surface area (Å²) >= 11 is 0. The van der Waals surface area contributed by atoms with Crippen molar-refractivity contribution in [1.29, 1.82) is 0 Å². The van der Waals surface area contributed by atoms with E-state index in [1.54, 1.807) is 23.0 Å². The molecule has 3 aromatic heterocycles. The van der Waals surface area contributed by atoms with Gasteiger partial charge in [-0.05, 0) is 51.3 Å². The number of rotatable bonds is 5. The summed E-state index contributed by atoms with van der Waals surface area (Å²) < 4.78 is 3.49. The molecule has 4 aromatic rings. The van der Waals surface area contributed by atoms with E-state index in [-0.39, 0.29) is 5.92 Å². The fourth-order valence-corrected chi connectivity index (χ4v) is 5.28. The molecule has 2 saturated heterocycles. The summed E-state index contributed by atoms with van der Waals surface area (Å²) in [5.74, 6) is 1.89. The van der Waals surface area contributed by atoms with E-state index in [1.807, 2.05) is 12.4 Å². The minimum Gasteiger partial charge on any atom is -0.389 e. The van der Waals surface area contributed by atoms with E-state index < -0.39 is 5.60 Å². The predicted molar refractivity (Wildman–Crippen MR) is 136 cm³/mol. The summed E-state index contributed by atoms with van der Waals surface area (Å²) in [4.78, 5) is 12.0. The molecule has 0 saturated carbocycles. The third kappa shape index (κ3) is 4.10. The van der Waals surface area contributed by atoms with Gasteiger partial charge in [0.2, 0.25) is 5.95 Å². The Bertz CT molecular complexity index is 1380. The van der Waals surface area contributed by atoms with Crippen LogP contribution in [0.1, 0.15) is 56.8 Å². The van der Waals surface area contributed by atoms with Crippen LogP contribution in [0.4, 0.5) is 11.6 Å². The molecule has 2 atom stereocenters. The molecule has 0 bridgehead atoms. The van der Waals surface area contributed by atoms with Crippen LogP contribution in [0.3, 0.4) is 0 Å². The van der Waals surface area contributed by atoms with Crippen LogP contribution in [0.5, 0.6) is 0 Å². The second kappa shape index (κ2) is 8.17. The van der Waals surface area contributed by atoms with E-state index in [1.165, 1.54) is 5.56 Å². The van der Waals surface area contributed by atoms with Gasteiger partial charge in [-0.3, -0.25) is 4.68 Å². The molecule has 0 aliphatic carbocycles. The van der Waals surface area contributed by atoms with E-state index in [0.29, 0.717) is 24.5 Å². The maximum Gasteiger partial charge on any atom is 0.223 e. The van der Waals surface area contributed by atoms with Gasteiger partial charge in [0.05, 0.1) is 29.5 Å². The highest BCUT2D eigenvalue weighted by Crippen LogP contribution is 2.33. The number of aromatic nitrogens is 6. The number of nitrogen functional groups attached to an aromatic ring is 1. The number of hydrogen-bond donors (Lipinski definition) is 3. The standard InChI is InChI=1S/C25H33N9O/c1-15-4-5-17(12-33(15)19-11-28-32(13-19)14-25(2,3)35)22-30-23-20-7-6-16(18-9-27-10-18)8-21(20)29-24(26)34(23)31-22/h6-8,11,13,15,17-18,27,35H,4-5,9-10,12,14H2,1-3H3,(H2,26,29)/t15-,17+/m0/s1. The molecular weight excluding hydrogens is 442 g/mol. The number of hydrogen-bond acceptors (Lipinski definition) is 8. The third-order valence-corrected chi connectivity index (χ3v) is 7.34. The zero-order valence-electron chi connectivity index (χ0n) is 20.5. The van der Waals surface area contributed by atoms with Crippen LogP contribution in [-0.4, -0.2) is 65.7 Å². The summed E-state index contributed by atoms with van der Waals surface area (Å²) in [6, 6.07) is 6.81. The Morgan fingerprint density at radius 1 is 1.17 bits per heavy atom. The van der Waals surface area contributed by atoms with Gasteiger partial charge in [-0.25, -0.2) is 9.97 Å². The molecule has 0 unspecified atom stereocenters. The molecule has 5 heterocycles. The van der Waals surface area contributed by atoms with Gasteiger partial charge in [0.1, 0.15) is 0 Å². The van der Waals surface area contributed by atoms with Crippen molar-refractivity contribution in [2.24, 2.45) is 0 Å². The third-order valence-electron chi connectivity index (χ3n) is 7.34. The van der Waals surface area contributed by atoms with E-state index in [2.05, 4.69) is 45.4 Å². The number of anilines is 2. The molecule has 2 aliphatic rings. The lowest BCUT2D eigenvalue weighted by Gasteiger charge is -2.37. The quantitative estimate of drug-likeness (QED) is 0.402. The lowest BCUT2D eigenvalue weighted by molar-refractivity contribution is 0.0577. The second-order valence-corrected chi connectivity index (χ2v) is 10.8. The highest BCUT2D eigenvalue weighted by Gasteiger charge is 2.31. The first-order valence-corrected chi connectivity index (χ1v) is 12.4. The Morgan fingerprint density at radius 3 is 2.74 bits per heavy atom. The van der Waals surface area contributed by atoms with Crippen LogP contribution >= 0.6 is 0 Å². The monoisotopic (exact) mass is 475 g/mol. The summed E-state index contributed by atoms with van der Waals surface area (Å²) in [5.41, 5.74) is 9.49. The molecule has 0 amide bonds. The van der Waals surface area contributed by atoms with Gasteiger partial charge in [0, 0.05) is 49.1 Å². The molecule has 0 spiro atoms. The SMILES string of the molecule is C[C@H]1CC[C@@H](c2nc3c4ccc(C5CNC5)cc4nc(N)n3n2)CN1c1cnn(CC(C)(C)O)c1. The van der Waals surface area contributed by atoms with Gasteiger partial charge in [0.25, 0.3) is 0 Å². The lowest BCUT2D eigenvalue weighted by atomic mass is 9.92. The van der Waals surface area contributed by atoms with Crippen molar-refractivity contribution < 1.29 is 5.11 Å². The van der Waals surface area contributed by atoms with Crippen molar-refractivity contribution in [3.8, 4) is 0 Å². The highest BCUT2D eigenvalue weighted by molar-refractivity contribution is 5.92. The van der Waals surface area contributed by atoms with Gasteiger partial charge in [-0.1, -0.05) is 6.07 Å². The molecule has 2 aliphatic heterocycles. The first-order valence-electron chi connectivity index (χ1n) is 12.4. The summed E-state index contributed by atoms with van der Waals surface area (Å²) in [7, 11) is 0. The van der Waals surface area contributed by atoms with E-state index in [4.69, 9.17) is 15.8 Å². The van der Waals surface area contributed by atoms with Crippen molar-refractivity contribution in [1.82, 2.24) is 34.7 Å². The molecule has 10 nitrogen and oxygen atoms in total. The summed E-state index contributed by atoms with van der Waals surface area (Å²) in [6.45, 7) is 9.08. The topological polar surface area (TPSA) is 122 Å². The Balaban J connectivity index is 1.30. The van der Waals surface area contributed by atoms with Gasteiger partial charge >= 0.3 is 0 Å². The van der Waals surface area contributed by atoms with Crippen LogP contribution < -0.4 is 16.0 Å². The van der Waals surface area contributed by atoms with Gasteiger partial charge < -0.3 is 21.1 Å². The smallest absolute Gasteiger partial charge is 0.223 e. The van der Waals surface area contributed by atoms with E-state index in [9.17, 15) is 5.11 Å². The highest BCUT2D eigenvalue weighted by atomic mass is 16.3. The number of nitrogens with one attached hydrogen (secondary N) is 1. The van der Waals surface area contributed by atoms with Gasteiger partial charge in [0.15, 0.2) is 11.5 Å². The molecule has 184 valence electrons. The fraction of sp³-hybridized carbons (Fsp3) is 0.520. The Hall–Kier alpha value is -3.24. The summed E-state index contributed by atoms with van der Waals surface area (Å²) in [6.07, 6.45) is 5.94. The normalized spacial score (nSPS) is 21.7. The Morgan fingerprint density at radius 2 is 2.00 bits per heavy atom. The van der Waals surface area contributed by atoms with Gasteiger partial charge in [-0.2, -0.15) is 9.61 Å². The van der Waals surface area contributed by atoms with Crippen molar-refractivity contribution >= 4 is 28.2 Å². The second-order valence-electron chi connectivity index (χ2n) is 10.8. The number of fused-ring (bicyclic) bond motifs is 3. The molecule has 0 radical (unpaired) electrons. The van der Waals surface area contributed by atoms with Gasteiger partial charge in [-0.15, -0.1) is 5.10 Å².